The van der Waals surface area contributed by atoms with Gasteiger partial charge in [0.25, 0.3) is 5.56 Å². The number of carbonyl (C=O) groups is 1. The maximum absolute atomic E-state index is 15.3. The van der Waals surface area contributed by atoms with Crippen molar-refractivity contribution in [1.82, 2.24) is 14.6 Å². The fourth-order valence-corrected chi connectivity index (χ4v) is 5.02. The number of aromatic nitrogens is 2. The lowest BCUT2D eigenvalue weighted by Gasteiger charge is -2.24. The van der Waals surface area contributed by atoms with Crippen LogP contribution in [-0.4, -0.2) is 46.0 Å². The summed E-state index contributed by atoms with van der Waals surface area (Å²) in [5.41, 5.74) is -3.45. The number of H-pyrrole nitrogens is 1. The molecule has 0 amide bonds. The van der Waals surface area contributed by atoms with Crippen molar-refractivity contribution in [2.45, 2.75) is 64.3 Å². The third-order valence-electron chi connectivity index (χ3n) is 5.02. The number of hydrogen-bond donors (Lipinski definition) is 2. The first-order chi connectivity index (χ1) is 16.4. The highest BCUT2D eigenvalue weighted by molar-refractivity contribution is 7.52. The SMILES string of the molecule is CC(C)OC(=O)[C@H](C)N[P@](=O)(OC[C@@H]1C[C@@](C)(F)[C@H](n2ccc(=O)[nH]c2=O)O1)Oc1ccccc1. The van der Waals surface area contributed by atoms with E-state index in [9.17, 15) is 18.9 Å². The molecule has 2 aromatic rings. The number of rotatable bonds is 10. The third-order valence-corrected chi connectivity index (χ3v) is 6.67. The predicted molar refractivity (Wildman–Crippen MR) is 124 cm³/mol. The van der Waals surface area contributed by atoms with Crippen LogP contribution in [0.5, 0.6) is 5.75 Å². The Hall–Kier alpha value is -2.79. The minimum atomic E-state index is -4.17. The largest absolute Gasteiger partial charge is 0.462 e. The number of para-hydroxylation sites is 1. The molecule has 1 aromatic carbocycles. The fourth-order valence-electron chi connectivity index (χ4n) is 3.50. The van der Waals surface area contributed by atoms with Crippen LogP contribution in [0.15, 0.2) is 52.2 Å². The molecule has 192 valence electrons. The molecular formula is C22H29FN3O8P. The second kappa shape index (κ2) is 10.9. The Morgan fingerprint density at radius 3 is 2.60 bits per heavy atom. The molecule has 1 aliphatic rings. The van der Waals surface area contributed by atoms with E-state index < -0.39 is 49.0 Å². The van der Waals surface area contributed by atoms with Crippen molar-refractivity contribution in [2.24, 2.45) is 0 Å². The van der Waals surface area contributed by atoms with Crippen LogP contribution in [0.3, 0.4) is 0 Å². The number of nitrogens with one attached hydrogen (secondary N) is 2. The van der Waals surface area contributed by atoms with Crippen LogP contribution >= 0.6 is 7.75 Å². The smallest absolute Gasteiger partial charge is 0.459 e. The maximum atomic E-state index is 15.3. The highest BCUT2D eigenvalue weighted by Crippen LogP contribution is 2.47. The van der Waals surface area contributed by atoms with Crippen LogP contribution < -0.4 is 20.9 Å². The normalized spacial score (nSPS) is 24.6. The van der Waals surface area contributed by atoms with Crippen LogP contribution in [0.4, 0.5) is 4.39 Å². The van der Waals surface area contributed by atoms with Crippen LogP contribution in [0.2, 0.25) is 0 Å². The molecule has 13 heteroatoms. The van der Waals surface area contributed by atoms with Crippen molar-refractivity contribution in [3.8, 4) is 5.75 Å². The average Bonchev–Trinajstić information content (AvgIpc) is 3.06. The first-order valence-corrected chi connectivity index (χ1v) is 12.6. The topological polar surface area (TPSA) is 138 Å². The summed E-state index contributed by atoms with van der Waals surface area (Å²) in [7, 11) is -4.17. The lowest BCUT2D eigenvalue weighted by Crippen LogP contribution is -2.38. The molecule has 0 unspecified atom stereocenters. The summed E-state index contributed by atoms with van der Waals surface area (Å²) >= 11 is 0. The zero-order chi connectivity index (χ0) is 25.8. The summed E-state index contributed by atoms with van der Waals surface area (Å²) in [6, 6.07) is 8.20. The first kappa shape index (κ1) is 26.8. The van der Waals surface area contributed by atoms with E-state index in [0.29, 0.717) is 0 Å². The Kier molecular flexibility index (Phi) is 8.32. The van der Waals surface area contributed by atoms with Gasteiger partial charge in [-0.25, -0.2) is 13.8 Å². The van der Waals surface area contributed by atoms with Crippen LogP contribution in [0.25, 0.3) is 0 Å². The number of hydrogen-bond acceptors (Lipinski definition) is 8. The molecule has 1 fully saturated rings. The summed E-state index contributed by atoms with van der Waals surface area (Å²) in [5.74, 6) is -0.445. The minimum absolute atomic E-state index is 0.195. The number of nitrogens with zero attached hydrogens (tertiary/aromatic N) is 1. The van der Waals surface area contributed by atoms with Gasteiger partial charge in [-0.2, -0.15) is 5.09 Å². The molecule has 0 spiro atoms. The molecule has 2 heterocycles. The number of ether oxygens (including phenoxy) is 2. The number of halogens is 1. The summed E-state index contributed by atoms with van der Waals surface area (Å²) in [4.78, 5) is 37.7. The van der Waals surface area contributed by atoms with Gasteiger partial charge in [-0.1, -0.05) is 18.2 Å². The Morgan fingerprint density at radius 2 is 1.97 bits per heavy atom. The van der Waals surface area contributed by atoms with Crippen LogP contribution in [-0.2, 0) is 23.4 Å². The minimum Gasteiger partial charge on any atom is -0.462 e. The van der Waals surface area contributed by atoms with E-state index in [2.05, 4.69) is 10.1 Å². The van der Waals surface area contributed by atoms with Gasteiger partial charge in [0.05, 0.1) is 18.8 Å². The fraction of sp³-hybridized carbons (Fsp3) is 0.500. The molecule has 1 aromatic heterocycles. The van der Waals surface area contributed by atoms with Gasteiger partial charge in [0.2, 0.25) is 0 Å². The molecule has 1 saturated heterocycles. The number of alkyl halides is 1. The zero-order valence-corrected chi connectivity index (χ0v) is 20.7. The van der Waals surface area contributed by atoms with E-state index in [1.807, 2.05) is 0 Å². The van der Waals surface area contributed by atoms with Crippen molar-refractivity contribution in [3.63, 3.8) is 0 Å². The van der Waals surface area contributed by atoms with E-state index in [4.69, 9.17) is 18.5 Å². The van der Waals surface area contributed by atoms with Crippen LogP contribution in [0, 0.1) is 0 Å². The summed E-state index contributed by atoms with van der Waals surface area (Å²) in [6.45, 7) is 5.67. The molecule has 1 aliphatic heterocycles. The van der Waals surface area contributed by atoms with Crippen molar-refractivity contribution in [2.75, 3.05) is 6.61 Å². The van der Waals surface area contributed by atoms with E-state index in [0.717, 1.165) is 16.8 Å². The van der Waals surface area contributed by atoms with Gasteiger partial charge in [-0.3, -0.25) is 23.7 Å². The molecule has 0 saturated carbocycles. The van der Waals surface area contributed by atoms with Crippen molar-refractivity contribution in [3.05, 3.63) is 63.4 Å². The third kappa shape index (κ3) is 7.11. The lowest BCUT2D eigenvalue weighted by atomic mass is 10.0. The highest BCUT2D eigenvalue weighted by atomic mass is 31.2. The Morgan fingerprint density at radius 1 is 1.29 bits per heavy atom. The van der Waals surface area contributed by atoms with Crippen molar-refractivity contribution in [1.29, 1.82) is 0 Å². The van der Waals surface area contributed by atoms with E-state index in [1.165, 1.54) is 13.8 Å². The monoisotopic (exact) mass is 513 g/mol. The van der Waals surface area contributed by atoms with E-state index >= 15 is 4.39 Å². The molecular weight excluding hydrogens is 484 g/mol. The molecule has 2 N–H and O–H groups in total. The Labute approximate surface area is 201 Å². The first-order valence-electron chi connectivity index (χ1n) is 11.0. The summed E-state index contributed by atoms with van der Waals surface area (Å²) in [5, 5.41) is 2.54. The van der Waals surface area contributed by atoms with Crippen LogP contribution in [0.1, 0.15) is 40.3 Å². The van der Waals surface area contributed by atoms with Gasteiger partial charge in [0, 0.05) is 18.7 Å². The van der Waals surface area contributed by atoms with E-state index in [1.54, 1.807) is 44.2 Å². The molecule has 3 rings (SSSR count). The molecule has 0 aliphatic carbocycles. The Balaban J connectivity index is 1.75. The van der Waals surface area contributed by atoms with Gasteiger partial charge in [-0.15, -0.1) is 0 Å². The molecule has 35 heavy (non-hydrogen) atoms. The second-order valence-electron chi connectivity index (χ2n) is 8.64. The lowest BCUT2D eigenvalue weighted by molar-refractivity contribution is -0.149. The standard InChI is InChI=1S/C22H29FN3O8P/c1-14(2)32-19(28)15(3)25-35(30,34-16-8-6-5-7-9-16)31-13-17-12-22(4,23)20(33-17)26-11-10-18(27)24-21(26)29/h5-11,14-15,17,20H,12-13H2,1-4H3,(H,25,30)(H,24,27,29)/t15-,17-,20+,22+,35-/m0/s1. The highest BCUT2D eigenvalue weighted by Gasteiger charge is 2.48. The number of esters is 1. The van der Waals surface area contributed by atoms with Crippen molar-refractivity contribution >= 4 is 13.7 Å². The van der Waals surface area contributed by atoms with Gasteiger partial charge in [-0.05, 0) is 39.8 Å². The van der Waals surface area contributed by atoms with Gasteiger partial charge >= 0.3 is 19.4 Å². The van der Waals surface area contributed by atoms with Gasteiger partial charge in [0.1, 0.15) is 11.8 Å². The number of aromatic amines is 1. The summed E-state index contributed by atoms with van der Waals surface area (Å²) in [6.07, 6.45) is -1.70. The molecule has 5 atom stereocenters. The Bertz CT molecular complexity index is 1180. The van der Waals surface area contributed by atoms with Gasteiger partial charge < -0.3 is 14.0 Å². The van der Waals surface area contributed by atoms with Crippen molar-refractivity contribution < 1.29 is 32.3 Å². The number of benzene rings is 1. The average molecular weight is 513 g/mol. The second-order valence-corrected chi connectivity index (χ2v) is 10.3. The van der Waals surface area contributed by atoms with Gasteiger partial charge in [0.15, 0.2) is 11.9 Å². The quantitative estimate of drug-likeness (QED) is 0.363. The molecule has 11 nitrogen and oxygen atoms in total. The maximum Gasteiger partial charge on any atom is 0.459 e. The predicted octanol–water partition coefficient (Wildman–Crippen LogP) is 2.69. The zero-order valence-electron chi connectivity index (χ0n) is 19.8. The molecule has 0 bridgehead atoms. The summed E-state index contributed by atoms with van der Waals surface area (Å²) < 4.78 is 51.7. The number of carbonyl (C=O) groups excluding carboxylic acids is 1. The van der Waals surface area contributed by atoms with E-state index in [-0.39, 0.29) is 24.9 Å². The molecule has 0 radical (unpaired) electrons.